The van der Waals surface area contributed by atoms with E-state index in [0.29, 0.717) is 6.04 Å². The molecule has 1 aromatic heterocycles. The van der Waals surface area contributed by atoms with Crippen molar-refractivity contribution >= 4 is 0 Å². The Morgan fingerprint density at radius 2 is 2.17 bits per heavy atom. The summed E-state index contributed by atoms with van der Waals surface area (Å²) in [5.74, 6) is 0.870. The standard InChI is InChI=1S/C14H27N3O/c1-4-6-7-8-15-10-13(3)17-12-14(11-16-17)18-9-5-2/h11-13,15H,4-10H2,1-3H3. The molecule has 0 aliphatic rings. The van der Waals surface area contributed by atoms with Gasteiger partial charge in [0.25, 0.3) is 0 Å². The topological polar surface area (TPSA) is 39.1 Å². The Labute approximate surface area is 111 Å². The first-order valence-corrected chi connectivity index (χ1v) is 7.15. The fraction of sp³-hybridized carbons (Fsp3) is 0.786. The maximum atomic E-state index is 5.54. The van der Waals surface area contributed by atoms with Gasteiger partial charge in [0, 0.05) is 6.54 Å². The highest BCUT2D eigenvalue weighted by Gasteiger charge is 2.06. The first-order chi connectivity index (χ1) is 8.77. The second-order valence-corrected chi connectivity index (χ2v) is 4.76. The molecular formula is C14H27N3O. The molecule has 0 aliphatic carbocycles. The number of hydrogen-bond donors (Lipinski definition) is 1. The highest BCUT2D eigenvalue weighted by Crippen LogP contribution is 2.12. The summed E-state index contributed by atoms with van der Waals surface area (Å²) in [6.07, 6.45) is 8.64. The van der Waals surface area contributed by atoms with Crippen LogP contribution in [-0.4, -0.2) is 29.5 Å². The molecule has 4 heteroatoms. The van der Waals surface area contributed by atoms with Crippen molar-refractivity contribution in [1.29, 1.82) is 0 Å². The van der Waals surface area contributed by atoms with Gasteiger partial charge in [0.15, 0.2) is 5.75 Å². The van der Waals surface area contributed by atoms with Crippen molar-refractivity contribution in [2.45, 2.75) is 52.5 Å². The number of rotatable bonds is 10. The van der Waals surface area contributed by atoms with E-state index in [-0.39, 0.29) is 0 Å². The lowest BCUT2D eigenvalue weighted by atomic mass is 10.2. The van der Waals surface area contributed by atoms with Crippen LogP contribution in [0.1, 0.15) is 52.5 Å². The number of unbranched alkanes of at least 4 members (excludes halogenated alkanes) is 2. The third-order valence-electron chi connectivity index (χ3n) is 2.90. The molecule has 104 valence electrons. The Hall–Kier alpha value is -1.03. The quantitative estimate of drug-likeness (QED) is 0.651. The molecule has 0 saturated carbocycles. The molecule has 0 amide bonds. The minimum absolute atomic E-state index is 0.366. The Kier molecular flexibility index (Phi) is 7.49. The van der Waals surface area contributed by atoms with Gasteiger partial charge in [0.2, 0.25) is 0 Å². The zero-order valence-electron chi connectivity index (χ0n) is 12.0. The van der Waals surface area contributed by atoms with Crippen LogP contribution in [0, 0.1) is 0 Å². The predicted molar refractivity (Wildman–Crippen MR) is 75.1 cm³/mol. The van der Waals surface area contributed by atoms with Crippen molar-refractivity contribution in [3.63, 3.8) is 0 Å². The van der Waals surface area contributed by atoms with Gasteiger partial charge in [-0.2, -0.15) is 5.10 Å². The van der Waals surface area contributed by atoms with Gasteiger partial charge < -0.3 is 10.1 Å². The maximum absolute atomic E-state index is 5.54. The molecule has 4 nitrogen and oxygen atoms in total. The second-order valence-electron chi connectivity index (χ2n) is 4.76. The third-order valence-corrected chi connectivity index (χ3v) is 2.90. The van der Waals surface area contributed by atoms with E-state index in [0.717, 1.165) is 31.9 Å². The van der Waals surface area contributed by atoms with E-state index in [1.54, 1.807) is 6.20 Å². The van der Waals surface area contributed by atoms with Crippen LogP contribution in [0.3, 0.4) is 0 Å². The predicted octanol–water partition coefficient (Wildman–Crippen LogP) is 3.01. The molecule has 0 aromatic carbocycles. The number of hydrogen-bond acceptors (Lipinski definition) is 3. The number of nitrogens with one attached hydrogen (secondary N) is 1. The van der Waals surface area contributed by atoms with Gasteiger partial charge in [-0.25, -0.2) is 0 Å². The summed E-state index contributed by atoms with van der Waals surface area (Å²) >= 11 is 0. The van der Waals surface area contributed by atoms with Crippen LogP contribution in [-0.2, 0) is 0 Å². The zero-order valence-corrected chi connectivity index (χ0v) is 12.0. The van der Waals surface area contributed by atoms with Gasteiger partial charge >= 0.3 is 0 Å². The monoisotopic (exact) mass is 253 g/mol. The average molecular weight is 253 g/mol. The van der Waals surface area contributed by atoms with Crippen molar-refractivity contribution in [2.24, 2.45) is 0 Å². The maximum Gasteiger partial charge on any atom is 0.157 e. The summed E-state index contributed by atoms with van der Waals surface area (Å²) in [6, 6.07) is 0.366. The van der Waals surface area contributed by atoms with Crippen LogP contribution in [0.15, 0.2) is 12.4 Å². The molecule has 1 aromatic rings. The zero-order chi connectivity index (χ0) is 13.2. The van der Waals surface area contributed by atoms with Gasteiger partial charge in [-0.1, -0.05) is 26.7 Å². The van der Waals surface area contributed by atoms with Crippen molar-refractivity contribution in [3.05, 3.63) is 12.4 Å². The normalized spacial score (nSPS) is 12.6. The van der Waals surface area contributed by atoms with E-state index in [1.807, 2.05) is 10.9 Å². The SMILES string of the molecule is CCCCCNCC(C)n1cc(OCCC)cn1. The summed E-state index contributed by atoms with van der Waals surface area (Å²) < 4.78 is 7.51. The van der Waals surface area contributed by atoms with Crippen molar-refractivity contribution in [1.82, 2.24) is 15.1 Å². The second kappa shape index (κ2) is 8.97. The Morgan fingerprint density at radius 3 is 2.89 bits per heavy atom. The van der Waals surface area contributed by atoms with Crippen LogP contribution >= 0.6 is 0 Å². The van der Waals surface area contributed by atoms with Gasteiger partial charge in [0.05, 0.1) is 25.0 Å². The minimum atomic E-state index is 0.366. The minimum Gasteiger partial charge on any atom is -0.490 e. The van der Waals surface area contributed by atoms with Gasteiger partial charge in [0.1, 0.15) is 0 Å². The van der Waals surface area contributed by atoms with E-state index >= 15 is 0 Å². The number of aromatic nitrogens is 2. The summed E-state index contributed by atoms with van der Waals surface area (Å²) in [5, 5.41) is 7.80. The molecule has 1 atom stereocenters. The molecule has 0 bridgehead atoms. The van der Waals surface area contributed by atoms with Crippen molar-refractivity contribution < 1.29 is 4.74 Å². The van der Waals surface area contributed by atoms with Crippen LogP contribution in [0.25, 0.3) is 0 Å². The molecule has 0 fully saturated rings. The number of nitrogens with zero attached hydrogens (tertiary/aromatic N) is 2. The van der Waals surface area contributed by atoms with Gasteiger partial charge in [-0.15, -0.1) is 0 Å². The molecule has 0 aliphatic heterocycles. The summed E-state index contributed by atoms with van der Waals surface area (Å²) in [6.45, 7) is 9.31. The lowest BCUT2D eigenvalue weighted by Crippen LogP contribution is -2.24. The summed E-state index contributed by atoms with van der Waals surface area (Å²) in [4.78, 5) is 0. The van der Waals surface area contributed by atoms with Crippen molar-refractivity contribution in [2.75, 3.05) is 19.7 Å². The van der Waals surface area contributed by atoms with Crippen LogP contribution in [0.2, 0.25) is 0 Å². The Balaban J connectivity index is 2.23. The lowest BCUT2D eigenvalue weighted by Gasteiger charge is -2.12. The first-order valence-electron chi connectivity index (χ1n) is 7.15. The van der Waals surface area contributed by atoms with E-state index in [2.05, 4.69) is 31.2 Å². The van der Waals surface area contributed by atoms with Crippen LogP contribution in [0.4, 0.5) is 0 Å². The summed E-state index contributed by atoms with van der Waals surface area (Å²) in [5.41, 5.74) is 0. The van der Waals surface area contributed by atoms with Crippen LogP contribution in [0.5, 0.6) is 5.75 Å². The molecule has 1 heterocycles. The Bertz CT molecular complexity index is 312. The molecule has 1 rings (SSSR count). The largest absolute Gasteiger partial charge is 0.490 e. The van der Waals surface area contributed by atoms with Gasteiger partial charge in [-0.3, -0.25) is 4.68 Å². The first kappa shape index (κ1) is 15.0. The lowest BCUT2D eigenvalue weighted by molar-refractivity contribution is 0.316. The average Bonchev–Trinajstić information content (AvgIpc) is 2.84. The van der Waals surface area contributed by atoms with E-state index < -0.39 is 0 Å². The fourth-order valence-electron chi connectivity index (χ4n) is 1.76. The van der Waals surface area contributed by atoms with Gasteiger partial charge in [-0.05, 0) is 26.3 Å². The molecule has 1 unspecified atom stereocenters. The van der Waals surface area contributed by atoms with E-state index in [9.17, 15) is 0 Å². The highest BCUT2D eigenvalue weighted by molar-refractivity contribution is 5.12. The molecular weight excluding hydrogens is 226 g/mol. The molecule has 0 radical (unpaired) electrons. The number of ether oxygens (including phenoxy) is 1. The molecule has 18 heavy (non-hydrogen) atoms. The third kappa shape index (κ3) is 5.54. The molecule has 0 saturated heterocycles. The summed E-state index contributed by atoms with van der Waals surface area (Å²) in [7, 11) is 0. The van der Waals surface area contributed by atoms with Crippen molar-refractivity contribution in [3.8, 4) is 5.75 Å². The molecule has 0 spiro atoms. The highest BCUT2D eigenvalue weighted by atomic mass is 16.5. The van der Waals surface area contributed by atoms with E-state index in [1.165, 1.54) is 19.3 Å². The molecule has 1 N–H and O–H groups in total. The fourth-order valence-corrected chi connectivity index (χ4v) is 1.76. The van der Waals surface area contributed by atoms with Crippen LogP contribution < -0.4 is 10.1 Å². The van der Waals surface area contributed by atoms with E-state index in [4.69, 9.17) is 4.74 Å². The Morgan fingerprint density at radius 1 is 1.33 bits per heavy atom. The smallest absolute Gasteiger partial charge is 0.157 e.